The number of ether oxygens (including phenoxy) is 1. The Kier molecular flexibility index (Phi) is 4.15. The van der Waals surface area contributed by atoms with Gasteiger partial charge in [0.15, 0.2) is 16.6 Å². The van der Waals surface area contributed by atoms with Crippen molar-refractivity contribution in [2.75, 3.05) is 6.61 Å². The standard InChI is InChI=1S/C16H12Cl2N2O3/c1-2-23-16(22)12-14(21)11-10(17)8-20(13(11)15(18)19-12)9-6-4-3-5-7-9/h3-8,21H,2H2,1H3. The topological polar surface area (TPSA) is 64.3 Å². The van der Waals surface area contributed by atoms with Gasteiger partial charge in [0.05, 0.1) is 22.5 Å². The van der Waals surface area contributed by atoms with Gasteiger partial charge in [-0.3, -0.25) is 0 Å². The molecule has 5 nitrogen and oxygen atoms in total. The predicted molar refractivity (Wildman–Crippen MR) is 88.7 cm³/mol. The molecule has 0 unspecified atom stereocenters. The van der Waals surface area contributed by atoms with Crippen molar-refractivity contribution < 1.29 is 14.6 Å². The molecule has 0 saturated heterocycles. The fourth-order valence-electron chi connectivity index (χ4n) is 2.36. The lowest BCUT2D eigenvalue weighted by Crippen LogP contribution is -2.08. The van der Waals surface area contributed by atoms with E-state index in [9.17, 15) is 9.90 Å². The first-order chi connectivity index (χ1) is 11.0. The van der Waals surface area contributed by atoms with E-state index < -0.39 is 5.97 Å². The van der Waals surface area contributed by atoms with E-state index in [1.54, 1.807) is 17.7 Å². The Balaban J connectivity index is 2.30. The fourth-order valence-corrected chi connectivity index (χ4v) is 2.91. The van der Waals surface area contributed by atoms with Gasteiger partial charge in [-0.1, -0.05) is 41.4 Å². The van der Waals surface area contributed by atoms with Crippen molar-refractivity contribution in [1.82, 2.24) is 9.55 Å². The van der Waals surface area contributed by atoms with Gasteiger partial charge in [0, 0.05) is 11.9 Å². The Hall–Kier alpha value is -2.24. The molecule has 0 amide bonds. The summed E-state index contributed by atoms with van der Waals surface area (Å²) in [6, 6.07) is 9.34. The van der Waals surface area contributed by atoms with Crippen LogP contribution in [0, 0.1) is 0 Å². The molecule has 0 spiro atoms. The Labute approximate surface area is 142 Å². The molecule has 0 aliphatic heterocycles. The predicted octanol–water partition coefficient (Wildman–Crippen LogP) is 4.21. The van der Waals surface area contributed by atoms with Crippen LogP contribution in [0.25, 0.3) is 16.6 Å². The third-order valence-electron chi connectivity index (χ3n) is 3.33. The highest BCUT2D eigenvalue weighted by Crippen LogP contribution is 2.39. The molecule has 3 rings (SSSR count). The number of nitrogens with zero attached hydrogens (tertiary/aromatic N) is 2. The maximum Gasteiger partial charge on any atom is 0.360 e. The van der Waals surface area contributed by atoms with Crippen molar-refractivity contribution in [2.45, 2.75) is 6.92 Å². The Bertz CT molecular complexity index is 891. The van der Waals surface area contributed by atoms with Gasteiger partial charge in [-0.15, -0.1) is 0 Å². The second-order valence-electron chi connectivity index (χ2n) is 4.73. The minimum atomic E-state index is -0.752. The number of esters is 1. The van der Waals surface area contributed by atoms with E-state index in [1.165, 1.54) is 0 Å². The molecular formula is C16H12Cl2N2O3. The van der Waals surface area contributed by atoms with Crippen molar-refractivity contribution >= 4 is 40.1 Å². The van der Waals surface area contributed by atoms with Gasteiger partial charge in [-0.05, 0) is 19.1 Å². The summed E-state index contributed by atoms with van der Waals surface area (Å²) in [6.07, 6.45) is 1.61. The number of fused-ring (bicyclic) bond motifs is 1. The summed E-state index contributed by atoms with van der Waals surface area (Å²) in [5, 5.41) is 11.0. The summed E-state index contributed by atoms with van der Waals surface area (Å²) in [5.41, 5.74) is 0.974. The Morgan fingerprint density at radius 2 is 2.00 bits per heavy atom. The number of carbonyl (C=O) groups excluding carboxylic acids is 1. The largest absolute Gasteiger partial charge is 0.505 e. The molecule has 0 radical (unpaired) electrons. The molecule has 2 aromatic heterocycles. The molecule has 0 aliphatic carbocycles. The van der Waals surface area contributed by atoms with E-state index in [1.807, 2.05) is 30.3 Å². The molecule has 3 aromatic rings. The number of benzene rings is 1. The summed E-state index contributed by atoms with van der Waals surface area (Å²) in [6.45, 7) is 1.82. The molecule has 118 valence electrons. The average molecular weight is 351 g/mol. The van der Waals surface area contributed by atoms with E-state index in [0.29, 0.717) is 5.52 Å². The highest BCUT2D eigenvalue weighted by molar-refractivity contribution is 6.40. The number of hydrogen-bond donors (Lipinski definition) is 1. The van der Waals surface area contributed by atoms with Gasteiger partial charge >= 0.3 is 5.97 Å². The molecule has 0 atom stereocenters. The molecule has 1 aromatic carbocycles. The van der Waals surface area contributed by atoms with E-state index in [-0.39, 0.29) is 33.6 Å². The lowest BCUT2D eigenvalue weighted by Gasteiger charge is -2.09. The molecule has 7 heteroatoms. The van der Waals surface area contributed by atoms with Crippen LogP contribution in [0.15, 0.2) is 36.5 Å². The third-order valence-corrected chi connectivity index (χ3v) is 3.88. The first kappa shape index (κ1) is 15.6. The molecule has 2 heterocycles. The number of pyridine rings is 1. The Morgan fingerprint density at radius 1 is 1.30 bits per heavy atom. The molecular weight excluding hydrogens is 339 g/mol. The van der Waals surface area contributed by atoms with E-state index in [0.717, 1.165) is 5.69 Å². The molecule has 0 saturated carbocycles. The van der Waals surface area contributed by atoms with Gasteiger partial charge in [0.25, 0.3) is 0 Å². The number of rotatable bonds is 3. The number of hydrogen-bond acceptors (Lipinski definition) is 4. The third kappa shape index (κ3) is 2.62. The number of aromatic nitrogens is 2. The lowest BCUT2D eigenvalue weighted by atomic mass is 10.2. The number of aromatic hydroxyl groups is 1. The molecule has 0 fully saturated rings. The summed E-state index contributed by atoms with van der Waals surface area (Å²) in [4.78, 5) is 15.9. The van der Waals surface area contributed by atoms with Crippen LogP contribution in [0.4, 0.5) is 0 Å². The van der Waals surface area contributed by atoms with Crippen molar-refractivity contribution in [3.8, 4) is 11.4 Å². The number of para-hydroxylation sites is 1. The first-order valence-corrected chi connectivity index (χ1v) is 7.61. The second-order valence-corrected chi connectivity index (χ2v) is 5.49. The van der Waals surface area contributed by atoms with Crippen molar-refractivity contribution in [1.29, 1.82) is 0 Å². The molecule has 0 aliphatic rings. The average Bonchev–Trinajstić information content (AvgIpc) is 2.90. The molecule has 1 N–H and O–H groups in total. The van der Waals surface area contributed by atoms with Crippen LogP contribution in [0.5, 0.6) is 5.75 Å². The number of carbonyl (C=O) groups is 1. The summed E-state index contributed by atoms with van der Waals surface area (Å²) >= 11 is 12.5. The Morgan fingerprint density at radius 3 is 2.65 bits per heavy atom. The van der Waals surface area contributed by atoms with Crippen molar-refractivity contribution in [3.63, 3.8) is 0 Å². The monoisotopic (exact) mass is 350 g/mol. The van der Waals surface area contributed by atoms with Gasteiger partial charge in [0.1, 0.15) is 0 Å². The fraction of sp³-hybridized carbons (Fsp3) is 0.125. The summed E-state index contributed by atoms with van der Waals surface area (Å²) in [5.74, 6) is -1.10. The van der Waals surface area contributed by atoms with Crippen LogP contribution < -0.4 is 0 Å². The minimum absolute atomic E-state index is 0.0524. The van der Waals surface area contributed by atoms with Crippen LogP contribution >= 0.6 is 23.2 Å². The van der Waals surface area contributed by atoms with Crippen molar-refractivity contribution in [3.05, 3.63) is 52.4 Å². The SMILES string of the molecule is CCOC(=O)c1nc(Cl)c2c(c(Cl)cn2-c2ccccc2)c1O. The molecule has 0 bridgehead atoms. The van der Waals surface area contributed by atoms with Crippen LogP contribution in [0.1, 0.15) is 17.4 Å². The van der Waals surface area contributed by atoms with Crippen LogP contribution in [-0.2, 0) is 4.74 Å². The zero-order valence-electron chi connectivity index (χ0n) is 12.1. The van der Waals surface area contributed by atoms with Gasteiger partial charge < -0.3 is 14.4 Å². The second kappa shape index (κ2) is 6.10. The van der Waals surface area contributed by atoms with Gasteiger partial charge in [0.2, 0.25) is 0 Å². The van der Waals surface area contributed by atoms with Crippen LogP contribution in [0.2, 0.25) is 10.2 Å². The van der Waals surface area contributed by atoms with Crippen LogP contribution in [0.3, 0.4) is 0 Å². The van der Waals surface area contributed by atoms with Crippen LogP contribution in [-0.4, -0.2) is 27.2 Å². The quantitative estimate of drug-likeness (QED) is 0.567. The smallest absolute Gasteiger partial charge is 0.360 e. The maximum absolute atomic E-state index is 11.9. The van der Waals surface area contributed by atoms with Crippen molar-refractivity contribution in [2.24, 2.45) is 0 Å². The van der Waals surface area contributed by atoms with E-state index in [2.05, 4.69) is 4.98 Å². The molecule has 23 heavy (non-hydrogen) atoms. The minimum Gasteiger partial charge on any atom is -0.505 e. The first-order valence-electron chi connectivity index (χ1n) is 6.86. The zero-order chi connectivity index (χ0) is 16.6. The van der Waals surface area contributed by atoms with E-state index >= 15 is 0 Å². The van der Waals surface area contributed by atoms with Gasteiger partial charge in [-0.2, -0.15) is 0 Å². The lowest BCUT2D eigenvalue weighted by molar-refractivity contribution is 0.0516. The van der Waals surface area contributed by atoms with E-state index in [4.69, 9.17) is 27.9 Å². The number of halogens is 2. The highest BCUT2D eigenvalue weighted by Gasteiger charge is 2.24. The summed E-state index contributed by atoms with van der Waals surface area (Å²) < 4.78 is 6.58. The maximum atomic E-state index is 11.9. The highest BCUT2D eigenvalue weighted by atomic mass is 35.5. The van der Waals surface area contributed by atoms with Gasteiger partial charge in [-0.25, -0.2) is 9.78 Å². The zero-order valence-corrected chi connectivity index (χ0v) is 13.6. The summed E-state index contributed by atoms with van der Waals surface area (Å²) in [7, 11) is 0. The normalized spacial score (nSPS) is 10.9.